The van der Waals surface area contributed by atoms with Crippen molar-refractivity contribution in [3.8, 4) is 11.8 Å². The number of nitrogens with one attached hydrogen (secondary N) is 2. The number of carbonyl (C=O) groups excluding carboxylic acids is 1. The average Bonchev–Trinajstić information content (AvgIpc) is 2.70. The molecule has 6 nitrogen and oxygen atoms in total. The zero-order valence-corrected chi connectivity index (χ0v) is 16.2. The van der Waals surface area contributed by atoms with E-state index in [0.717, 1.165) is 27.7 Å². The second-order valence-corrected chi connectivity index (χ2v) is 6.55. The fraction of sp³-hybridized carbons (Fsp3) is 0.227. The van der Waals surface area contributed by atoms with Crippen LogP contribution in [0.3, 0.4) is 0 Å². The third-order valence-corrected chi connectivity index (χ3v) is 4.49. The first kappa shape index (κ1) is 19.2. The van der Waals surface area contributed by atoms with Crippen LogP contribution in [0.15, 0.2) is 42.6 Å². The van der Waals surface area contributed by atoms with Crippen LogP contribution in [0.2, 0.25) is 0 Å². The van der Waals surface area contributed by atoms with Gasteiger partial charge in [-0.2, -0.15) is 5.26 Å². The van der Waals surface area contributed by atoms with Crippen LogP contribution in [0.25, 0.3) is 10.9 Å². The van der Waals surface area contributed by atoms with Gasteiger partial charge in [0.15, 0.2) is 0 Å². The number of carbonyl (C=O) groups is 1. The van der Waals surface area contributed by atoms with Crippen molar-refractivity contribution in [1.82, 2.24) is 10.3 Å². The normalized spacial score (nSPS) is 10.4. The number of amides is 1. The second kappa shape index (κ2) is 8.40. The van der Waals surface area contributed by atoms with Gasteiger partial charge in [-0.25, -0.2) is 0 Å². The molecule has 0 saturated heterocycles. The van der Waals surface area contributed by atoms with Crippen LogP contribution in [0.4, 0.5) is 5.69 Å². The van der Waals surface area contributed by atoms with Crippen LogP contribution >= 0.6 is 0 Å². The Balaban J connectivity index is 1.69. The minimum atomic E-state index is -0.156. The molecule has 28 heavy (non-hydrogen) atoms. The predicted octanol–water partition coefficient (Wildman–Crippen LogP) is 3.57. The zero-order valence-electron chi connectivity index (χ0n) is 16.2. The van der Waals surface area contributed by atoms with E-state index in [2.05, 4.69) is 27.8 Å². The molecule has 1 aromatic heterocycles. The Labute approximate surface area is 164 Å². The Hall–Kier alpha value is -3.59. The number of ether oxygens (including phenoxy) is 1. The molecule has 6 heteroatoms. The van der Waals surface area contributed by atoms with Crippen LogP contribution < -0.4 is 15.4 Å². The van der Waals surface area contributed by atoms with Crippen LogP contribution in [-0.2, 0) is 0 Å². The first-order chi connectivity index (χ1) is 13.5. The highest BCUT2D eigenvalue weighted by Gasteiger charge is 2.11. The molecule has 142 valence electrons. The molecule has 0 atom stereocenters. The Bertz CT molecular complexity index is 1050. The van der Waals surface area contributed by atoms with Gasteiger partial charge in [0.25, 0.3) is 5.91 Å². The molecule has 3 aromatic rings. The summed E-state index contributed by atoms with van der Waals surface area (Å²) in [5, 5.41) is 16.5. The van der Waals surface area contributed by atoms with Gasteiger partial charge in [-0.05, 0) is 49.7 Å². The molecule has 0 aliphatic heterocycles. The van der Waals surface area contributed by atoms with Gasteiger partial charge >= 0.3 is 0 Å². The van der Waals surface area contributed by atoms with Gasteiger partial charge in [0, 0.05) is 30.2 Å². The number of rotatable bonds is 6. The van der Waals surface area contributed by atoms with E-state index in [1.54, 1.807) is 37.6 Å². The molecule has 0 unspecified atom stereocenters. The highest BCUT2D eigenvalue weighted by atomic mass is 16.5. The summed E-state index contributed by atoms with van der Waals surface area (Å²) in [6, 6.07) is 13.2. The number of hydrogen-bond donors (Lipinski definition) is 2. The first-order valence-electron chi connectivity index (χ1n) is 8.99. The van der Waals surface area contributed by atoms with Crippen LogP contribution in [-0.4, -0.2) is 31.1 Å². The second-order valence-electron chi connectivity index (χ2n) is 6.55. The first-order valence-corrected chi connectivity index (χ1v) is 8.99. The number of anilines is 1. The van der Waals surface area contributed by atoms with Gasteiger partial charge < -0.3 is 15.4 Å². The van der Waals surface area contributed by atoms with Crippen molar-refractivity contribution in [2.24, 2.45) is 0 Å². The molecule has 0 bridgehead atoms. The van der Waals surface area contributed by atoms with E-state index >= 15 is 0 Å². The van der Waals surface area contributed by atoms with E-state index < -0.39 is 0 Å². The number of nitriles is 1. The van der Waals surface area contributed by atoms with Crippen molar-refractivity contribution in [3.05, 3.63) is 64.8 Å². The molecular formula is C22H22N4O2. The van der Waals surface area contributed by atoms with Gasteiger partial charge in [0.2, 0.25) is 0 Å². The molecule has 0 spiro atoms. The summed E-state index contributed by atoms with van der Waals surface area (Å²) in [4.78, 5) is 16.7. The van der Waals surface area contributed by atoms with E-state index in [1.807, 2.05) is 19.9 Å². The molecule has 1 amide bonds. The monoisotopic (exact) mass is 374 g/mol. The Morgan fingerprint density at radius 2 is 1.93 bits per heavy atom. The molecule has 0 aliphatic carbocycles. The molecular weight excluding hydrogens is 352 g/mol. The Kier molecular flexibility index (Phi) is 5.75. The smallest absolute Gasteiger partial charge is 0.251 e. The summed E-state index contributed by atoms with van der Waals surface area (Å²) >= 11 is 0. The molecule has 2 aromatic carbocycles. The largest absolute Gasteiger partial charge is 0.497 e. The molecule has 3 rings (SSSR count). The fourth-order valence-electron chi connectivity index (χ4n) is 3.14. The third kappa shape index (κ3) is 4.04. The van der Waals surface area contributed by atoms with Crippen molar-refractivity contribution in [2.45, 2.75) is 13.8 Å². The lowest BCUT2D eigenvalue weighted by Gasteiger charge is -2.14. The van der Waals surface area contributed by atoms with E-state index in [9.17, 15) is 10.1 Å². The number of hydrogen-bond acceptors (Lipinski definition) is 5. The van der Waals surface area contributed by atoms with Crippen molar-refractivity contribution in [2.75, 3.05) is 25.5 Å². The van der Waals surface area contributed by atoms with Crippen molar-refractivity contribution < 1.29 is 9.53 Å². The van der Waals surface area contributed by atoms with Crippen molar-refractivity contribution in [1.29, 1.82) is 5.26 Å². The van der Waals surface area contributed by atoms with Gasteiger partial charge in [-0.3, -0.25) is 9.78 Å². The lowest BCUT2D eigenvalue weighted by atomic mass is 10.0. The van der Waals surface area contributed by atoms with Crippen LogP contribution in [0, 0.1) is 25.2 Å². The zero-order chi connectivity index (χ0) is 20.1. The number of pyridine rings is 1. The van der Waals surface area contributed by atoms with Gasteiger partial charge in [-0.15, -0.1) is 0 Å². The van der Waals surface area contributed by atoms with E-state index in [-0.39, 0.29) is 5.91 Å². The Morgan fingerprint density at radius 1 is 1.18 bits per heavy atom. The maximum Gasteiger partial charge on any atom is 0.251 e. The lowest BCUT2D eigenvalue weighted by molar-refractivity contribution is 0.0955. The van der Waals surface area contributed by atoms with Gasteiger partial charge in [0.1, 0.15) is 11.8 Å². The molecule has 0 radical (unpaired) electrons. The molecule has 1 heterocycles. The maximum absolute atomic E-state index is 12.2. The minimum Gasteiger partial charge on any atom is -0.497 e. The Morgan fingerprint density at radius 3 is 2.61 bits per heavy atom. The fourth-order valence-corrected chi connectivity index (χ4v) is 3.14. The summed E-state index contributed by atoms with van der Waals surface area (Å²) in [7, 11) is 1.59. The molecule has 0 fully saturated rings. The molecule has 0 saturated carbocycles. The van der Waals surface area contributed by atoms with Gasteiger partial charge in [-0.1, -0.05) is 11.6 Å². The number of aromatic nitrogens is 1. The molecule has 2 N–H and O–H groups in total. The summed E-state index contributed by atoms with van der Waals surface area (Å²) in [5.41, 5.74) is 4.85. The van der Waals surface area contributed by atoms with Crippen molar-refractivity contribution in [3.63, 3.8) is 0 Å². The minimum absolute atomic E-state index is 0.156. The highest BCUT2D eigenvalue weighted by Crippen LogP contribution is 2.28. The maximum atomic E-state index is 12.2. The number of aryl methyl sites for hydroxylation is 2. The molecule has 0 aliphatic rings. The number of fused-ring (bicyclic) bond motifs is 1. The van der Waals surface area contributed by atoms with E-state index in [1.165, 1.54) is 0 Å². The standard InChI is InChI=1S/C22H22N4O2/c1-14-10-15(2)20-19(11-14)21(17(12-23)13-26-20)24-8-9-25-22(27)16-4-6-18(28-3)7-5-16/h4-7,10-11,13H,8-9H2,1-3H3,(H,24,26)(H,25,27). The summed E-state index contributed by atoms with van der Waals surface area (Å²) in [6.45, 7) is 4.94. The predicted molar refractivity (Wildman–Crippen MR) is 110 cm³/mol. The van der Waals surface area contributed by atoms with Crippen LogP contribution in [0.5, 0.6) is 5.75 Å². The summed E-state index contributed by atoms with van der Waals surface area (Å²) in [6.07, 6.45) is 1.59. The van der Waals surface area contributed by atoms with Gasteiger partial charge in [0.05, 0.1) is 23.9 Å². The van der Waals surface area contributed by atoms with Crippen LogP contribution in [0.1, 0.15) is 27.0 Å². The SMILES string of the molecule is COc1ccc(C(=O)NCCNc2c(C#N)cnc3c(C)cc(C)cc23)cc1. The number of methoxy groups -OCH3 is 1. The lowest BCUT2D eigenvalue weighted by Crippen LogP contribution is -2.28. The number of benzene rings is 2. The average molecular weight is 374 g/mol. The number of nitrogens with zero attached hydrogens (tertiary/aromatic N) is 2. The summed E-state index contributed by atoms with van der Waals surface area (Å²) in [5.74, 6) is 0.550. The summed E-state index contributed by atoms with van der Waals surface area (Å²) < 4.78 is 5.10. The van der Waals surface area contributed by atoms with Crippen molar-refractivity contribution >= 4 is 22.5 Å². The topological polar surface area (TPSA) is 87.0 Å². The highest BCUT2D eigenvalue weighted by molar-refractivity contribution is 5.96. The third-order valence-electron chi connectivity index (χ3n) is 4.49. The quantitative estimate of drug-likeness (QED) is 0.644. The van der Waals surface area contributed by atoms with E-state index in [0.29, 0.717) is 30.0 Å². The van der Waals surface area contributed by atoms with E-state index in [4.69, 9.17) is 4.74 Å².